The summed E-state index contributed by atoms with van der Waals surface area (Å²) in [5.41, 5.74) is 3.63. The summed E-state index contributed by atoms with van der Waals surface area (Å²) in [6, 6.07) is 11.0. The van der Waals surface area contributed by atoms with Gasteiger partial charge >= 0.3 is 0 Å². The van der Waals surface area contributed by atoms with E-state index in [2.05, 4.69) is 16.9 Å². The SMILES string of the molecule is CCc1ccc(Oc2cnc3cc(Cl)ccc3n2)cc1/C1=C(\O)C[C@H]2CC[C@H](CC2)CC1=O. The van der Waals surface area contributed by atoms with Gasteiger partial charge in [-0.15, -0.1) is 0 Å². The van der Waals surface area contributed by atoms with Crippen molar-refractivity contribution in [3.63, 3.8) is 0 Å². The Hall–Kier alpha value is -2.92. The molecule has 0 spiro atoms. The number of hydrogen-bond donors (Lipinski definition) is 1. The summed E-state index contributed by atoms with van der Waals surface area (Å²) in [7, 11) is 0. The van der Waals surface area contributed by atoms with Crippen molar-refractivity contribution < 1.29 is 14.6 Å². The highest BCUT2D eigenvalue weighted by Gasteiger charge is 2.31. The van der Waals surface area contributed by atoms with E-state index in [-0.39, 0.29) is 11.5 Å². The molecule has 5 nitrogen and oxygen atoms in total. The second kappa shape index (κ2) is 9.14. The quantitative estimate of drug-likeness (QED) is 0.448. The maximum atomic E-state index is 13.3. The van der Waals surface area contributed by atoms with Crippen LogP contribution < -0.4 is 4.74 Å². The second-order valence-electron chi connectivity index (χ2n) is 9.16. The van der Waals surface area contributed by atoms with Crippen LogP contribution in [0.4, 0.5) is 0 Å². The van der Waals surface area contributed by atoms with Crippen molar-refractivity contribution in [3.05, 3.63) is 64.5 Å². The van der Waals surface area contributed by atoms with Gasteiger partial charge in [0.1, 0.15) is 11.5 Å². The Kier molecular flexibility index (Phi) is 6.07. The zero-order valence-electron chi connectivity index (χ0n) is 18.7. The third-order valence-corrected chi connectivity index (χ3v) is 7.16. The number of fused-ring (bicyclic) bond motifs is 6. The van der Waals surface area contributed by atoms with Crippen molar-refractivity contribution in [2.45, 2.75) is 51.9 Å². The molecule has 1 fully saturated rings. The number of hydrogen-bond acceptors (Lipinski definition) is 5. The lowest BCUT2D eigenvalue weighted by Gasteiger charge is -2.26. The minimum atomic E-state index is 0.0364. The summed E-state index contributed by atoms with van der Waals surface area (Å²) in [4.78, 5) is 22.3. The van der Waals surface area contributed by atoms with Crippen molar-refractivity contribution >= 4 is 34.0 Å². The summed E-state index contributed by atoms with van der Waals surface area (Å²) in [5.74, 6) is 2.04. The number of carbonyl (C=O) groups excluding carboxylic acids is 1. The molecule has 0 saturated heterocycles. The number of aliphatic hydroxyl groups excluding tert-OH is 1. The Balaban J connectivity index is 1.51. The van der Waals surface area contributed by atoms with Gasteiger partial charge in [0.15, 0.2) is 5.78 Å². The average molecular weight is 463 g/mol. The number of carbonyl (C=O) groups is 1. The highest BCUT2D eigenvalue weighted by Crippen LogP contribution is 2.40. The fourth-order valence-corrected chi connectivity index (χ4v) is 5.31. The molecule has 0 amide bonds. The molecule has 170 valence electrons. The molecule has 1 N–H and O–H groups in total. The molecule has 0 unspecified atom stereocenters. The van der Waals surface area contributed by atoms with Crippen LogP contribution in [0.5, 0.6) is 11.6 Å². The van der Waals surface area contributed by atoms with Gasteiger partial charge < -0.3 is 9.84 Å². The molecule has 2 bridgehead atoms. The van der Waals surface area contributed by atoms with Crippen LogP contribution >= 0.6 is 11.6 Å². The Morgan fingerprint density at radius 2 is 1.79 bits per heavy atom. The van der Waals surface area contributed by atoms with Crippen LogP contribution in [0, 0.1) is 11.8 Å². The number of aliphatic hydroxyl groups is 1. The maximum absolute atomic E-state index is 13.3. The zero-order valence-corrected chi connectivity index (χ0v) is 19.4. The monoisotopic (exact) mass is 462 g/mol. The summed E-state index contributed by atoms with van der Waals surface area (Å²) >= 11 is 6.03. The van der Waals surface area contributed by atoms with Gasteiger partial charge in [0.25, 0.3) is 0 Å². The van der Waals surface area contributed by atoms with Gasteiger partial charge in [-0.2, -0.15) is 0 Å². The highest BCUT2D eigenvalue weighted by atomic mass is 35.5. The molecule has 1 aromatic heterocycles. The zero-order chi connectivity index (χ0) is 22.9. The molecule has 3 aliphatic carbocycles. The van der Waals surface area contributed by atoms with Crippen LogP contribution in [0.1, 0.15) is 56.6 Å². The molecule has 3 aromatic rings. The highest BCUT2D eigenvalue weighted by molar-refractivity contribution is 6.31. The van der Waals surface area contributed by atoms with Gasteiger partial charge in [-0.1, -0.05) is 24.6 Å². The summed E-state index contributed by atoms with van der Waals surface area (Å²) in [6.45, 7) is 2.06. The normalized spacial score (nSPS) is 23.3. The van der Waals surface area contributed by atoms with Crippen LogP contribution in [-0.4, -0.2) is 20.9 Å². The minimum absolute atomic E-state index is 0.0364. The molecule has 33 heavy (non-hydrogen) atoms. The average Bonchev–Trinajstić information content (AvgIpc) is 2.90. The Morgan fingerprint density at radius 1 is 1.03 bits per heavy atom. The molecule has 1 saturated carbocycles. The van der Waals surface area contributed by atoms with E-state index < -0.39 is 0 Å². The van der Waals surface area contributed by atoms with Gasteiger partial charge in [0.2, 0.25) is 5.88 Å². The lowest BCUT2D eigenvalue weighted by Crippen LogP contribution is -2.15. The second-order valence-corrected chi connectivity index (χ2v) is 9.59. The predicted octanol–water partition coefficient (Wildman–Crippen LogP) is 7.08. The summed E-state index contributed by atoms with van der Waals surface area (Å²) in [5, 5.41) is 11.7. The van der Waals surface area contributed by atoms with E-state index in [4.69, 9.17) is 16.3 Å². The maximum Gasteiger partial charge on any atom is 0.238 e. The number of halogens is 1. The molecule has 6 rings (SSSR count). The molecular formula is C27H27ClN2O3. The summed E-state index contributed by atoms with van der Waals surface area (Å²) in [6.07, 6.45) is 7.71. The van der Waals surface area contributed by atoms with E-state index >= 15 is 0 Å². The fraction of sp³-hybridized carbons (Fsp3) is 0.370. The number of ether oxygens (including phenoxy) is 1. The topological polar surface area (TPSA) is 72.3 Å². The predicted molar refractivity (Wildman–Crippen MR) is 130 cm³/mol. The standard InChI is InChI=1S/C27H27ClN2O3/c1-2-18-7-9-20(33-26-15-29-23-13-19(28)8-10-22(23)30-26)14-21(18)27-24(31)11-16-3-4-17(6-5-16)12-25(27)32/h7-10,13-17,31H,2-6,11-12H2,1H3/b27-24+/t16-,17+. The smallest absolute Gasteiger partial charge is 0.238 e. The van der Waals surface area contributed by atoms with E-state index in [1.54, 1.807) is 24.4 Å². The molecule has 1 heterocycles. The molecule has 6 heteroatoms. The molecule has 2 aromatic carbocycles. The third kappa shape index (κ3) is 4.60. The fourth-order valence-electron chi connectivity index (χ4n) is 5.14. The molecule has 0 atom stereocenters. The first-order valence-electron chi connectivity index (χ1n) is 11.7. The number of Topliss-reactive ketones (excluding diaryl/α,β-unsaturated/α-hetero) is 1. The van der Waals surface area contributed by atoms with Gasteiger partial charge in [-0.05, 0) is 85.4 Å². The van der Waals surface area contributed by atoms with Crippen molar-refractivity contribution in [1.29, 1.82) is 0 Å². The lowest BCUT2D eigenvalue weighted by molar-refractivity contribution is -0.114. The van der Waals surface area contributed by atoms with Crippen LogP contribution in [0.3, 0.4) is 0 Å². The van der Waals surface area contributed by atoms with Crippen LogP contribution in [0.15, 0.2) is 48.4 Å². The van der Waals surface area contributed by atoms with E-state index in [1.165, 1.54) is 0 Å². The van der Waals surface area contributed by atoms with E-state index in [0.29, 0.717) is 57.9 Å². The molecule has 3 aliphatic rings. The van der Waals surface area contributed by atoms with Crippen molar-refractivity contribution in [2.75, 3.05) is 0 Å². The number of rotatable bonds is 4. The molecule has 0 aliphatic heterocycles. The number of aromatic nitrogens is 2. The molecular weight excluding hydrogens is 436 g/mol. The first-order valence-corrected chi connectivity index (χ1v) is 12.1. The van der Waals surface area contributed by atoms with Gasteiger partial charge in [0, 0.05) is 17.9 Å². The Morgan fingerprint density at radius 3 is 2.55 bits per heavy atom. The number of aryl methyl sites for hydroxylation is 1. The Bertz CT molecular complexity index is 1250. The van der Waals surface area contributed by atoms with E-state index in [1.807, 2.05) is 18.2 Å². The third-order valence-electron chi connectivity index (χ3n) is 6.93. The van der Waals surface area contributed by atoms with Gasteiger partial charge in [-0.25, -0.2) is 9.97 Å². The first kappa shape index (κ1) is 21.9. The van der Waals surface area contributed by atoms with Gasteiger partial charge in [-0.3, -0.25) is 4.79 Å². The number of ketones is 1. The number of benzene rings is 2. The van der Waals surface area contributed by atoms with Crippen LogP contribution in [0.25, 0.3) is 16.6 Å². The van der Waals surface area contributed by atoms with E-state index in [9.17, 15) is 9.90 Å². The first-order chi connectivity index (χ1) is 16.0. The van der Waals surface area contributed by atoms with Gasteiger partial charge in [0.05, 0.1) is 22.8 Å². The number of nitrogens with zero attached hydrogens (tertiary/aromatic N) is 2. The van der Waals surface area contributed by atoms with Crippen molar-refractivity contribution in [3.8, 4) is 11.6 Å². The summed E-state index contributed by atoms with van der Waals surface area (Å²) < 4.78 is 6.03. The lowest BCUT2D eigenvalue weighted by atomic mass is 9.79. The van der Waals surface area contributed by atoms with Crippen LogP contribution in [0.2, 0.25) is 5.02 Å². The van der Waals surface area contributed by atoms with Crippen molar-refractivity contribution in [1.82, 2.24) is 9.97 Å². The number of allylic oxidation sites excluding steroid dienone is 2. The largest absolute Gasteiger partial charge is 0.512 e. The van der Waals surface area contributed by atoms with Crippen LogP contribution in [-0.2, 0) is 11.2 Å². The Labute approximate surface area is 198 Å². The van der Waals surface area contributed by atoms with Crippen molar-refractivity contribution in [2.24, 2.45) is 11.8 Å². The minimum Gasteiger partial charge on any atom is -0.512 e. The molecule has 0 radical (unpaired) electrons. The van der Waals surface area contributed by atoms with E-state index in [0.717, 1.165) is 43.2 Å².